The molecule has 2 atom stereocenters. The molecule has 0 saturated carbocycles. The summed E-state index contributed by atoms with van der Waals surface area (Å²) < 4.78 is 25.3. The van der Waals surface area contributed by atoms with Crippen molar-refractivity contribution >= 4 is 34.1 Å². The highest BCUT2D eigenvalue weighted by Gasteiger charge is 2.45. The van der Waals surface area contributed by atoms with Crippen molar-refractivity contribution in [1.82, 2.24) is 33.4 Å². The first kappa shape index (κ1) is 32.0. The summed E-state index contributed by atoms with van der Waals surface area (Å²) in [5.74, 6) is 0.487. The van der Waals surface area contributed by atoms with Gasteiger partial charge in [0, 0.05) is 52.0 Å². The van der Waals surface area contributed by atoms with Crippen LogP contribution < -0.4 is 25.8 Å². The van der Waals surface area contributed by atoms with E-state index in [-0.39, 0.29) is 11.7 Å². The van der Waals surface area contributed by atoms with Crippen molar-refractivity contribution in [2.24, 2.45) is 14.1 Å². The number of rotatable bonds is 10. The monoisotopic (exact) mass is 695 g/mol. The smallest absolute Gasteiger partial charge is 0.332 e. The molecule has 4 aromatic heterocycles. The molecule has 50 heavy (non-hydrogen) atoms. The molecule has 15 heteroatoms. The van der Waals surface area contributed by atoms with Gasteiger partial charge in [0.05, 0.1) is 18.0 Å². The van der Waals surface area contributed by atoms with Crippen LogP contribution in [0.5, 0.6) is 5.75 Å². The number of hydrogen-bond donors (Lipinski definition) is 0. The Morgan fingerprint density at radius 1 is 0.960 bits per heavy atom. The third-order valence-corrected chi connectivity index (χ3v) is 10.3. The third kappa shape index (κ3) is 5.97. The number of thiophene rings is 1. The first-order chi connectivity index (χ1) is 24.4. The van der Waals surface area contributed by atoms with E-state index in [1.807, 2.05) is 64.5 Å². The van der Waals surface area contributed by atoms with Gasteiger partial charge in [0.1, 0.15) is 37.7 Å². The quantitative estimate of drug-likeness (QED) is 0.211. The van der Waals surface area contributed by atoms with Crippen molar-refractivity contribution in [1.29, 1.82) is 0 Å². The van der Waals surface area contributed by atoms with Crippen LogP contribution in [0.15, 0.2) is 94.4 Å². The highest BCUT2D eigenvalue weighted by atomic mass is 32.1. The second kappa shape index (κ2) is 13.2. The Bertz CT molecular complexity index is 2210. The lowest BCUT2D eigenvalue weighted by Gasteiger charge is -2.37. The molecule has 2 aliphatic rings. The van der Waals surface area contributed by atoms with E-state index >= 15 is 0 Å². The van der Waals surface area contributed by atoms with E-state index in [2.05, 4.69) is 32.0 Å². The number of nitrogens with zero attached hydrogens (tertiary/aromatic N) is 9. The van der Waals surface area contributed by atoms with Gasteiger partial charge in [0.25, 0.3) is 5.56 Å². The standard InChI is InChI=1S/C35H37N9O5S/c1-39-31-30(32(45)40(2)34(39)46)44(19-25-8-4-3-5-9-25)33(38-31)42-15-13-41(14-16-42)26-10-6-11-27(18-26)47-20-28-21-48-35(49-28,29-12-7-17-50-29)22-43-24-36-23-37-43/h3-12,17-18,23-24,28H,13-16,19-22H2,1-2H3. The molecule has 2 aliphatic heterocycles. The van der Waals surface area contributed by atoms with Gasteiger partial charge in [0.15, 0.2) is 11.2 Å². The molecule has 0 amide bonds. The number of aryl methyl sites for hydroxylation is 1. The first-order valence-electron chi connectivity index (χ1n) is 16.5. The lowest BCUT2D eigenvalue weighted by Crippen LogP contribution is -2.47. The molecule has 258 valence electrons. The van der Waals surface area contributed by atoms with E-state index in [1.54, 1.807) is 29.4 Å². The maximum Gasteiger partial charge on any atom is 0.332 e. The minimum Gasteiger partial charge on any atom is -0.491 e. The van der Waals surface area contributed by atoms with Crippen LogP contribution in [0.25, 0.3) is 11.2 Å². The van der Waals surface area contributed by atoms with Crippen LogP contribution in [0, 0.1) is 0 Å². The van der Waals surface area contributed by atoms with Gasteiger partial charge in [0.2, 0.25) is 11.7 Å². The summed E-state index contributed by atoms with van der Waals surface area (Å²) in [4.78, 5) is 40.6. The van der Waals surface area contributed by atoms with E-state index in [9.17, 15) is 9.59 Å². The molecule has 0 N–H and O–H groups in total. The third-order valence-electron chi connectivity index (χ3n) is 9.29. The fourth-order valence-corrected chi connectivity index (χ4v) is 7.49. The number of anilines is 2. The van der Waals surface area contributed by atoms with Crippen LogP contribution in [0.1, 0.15) is 10.4 Å². The Balaban J connectivity index is 0.958. The predicted octanol–water partition coefficient (Wildman–Crippen LogP) is 2.81. The Kier molecular flexibility index (Phi) is 8.46. The van der Waals surface area contributed by atoms with Gasteiger partial charge in [-0.2, -0.15) is 10.1 Å². The number of fused-ring (bicyclic) bond motifs is 1. The Morgan fingerprint density at radius 2 is 1.78 bits per heavy atom. The molecule has 6 aromatic rings. The molecule has 0 aliphatic carbocycles. The summed E-state index contributed by atoms with van der Waals surface area (Å²) >= 11 is 1.58. The fourth-order valence-electron chi connectivity index (χ4n) is 6.68. The molecule has 2 fully saturated rings. The highest BCUT2D eigenvalue weighted by Crippen LogP contribution is 2.38. The van der Waals surface area contributed by atoms with Gasteiger partial charge in [-0.25, -0.2) is 14.5 Å². The van der Waals surface area contributed by atoms with Crippen molar-refractivity contribution in [3.05, 3.63) is 116 Å². The molecule has 2 aromatic carbocycles. The minimum atomic E-state index is -0.944. The topological polar surface area (TPSA) is 127 Å². The zero-order chi connectivity index (χ0) is 34.2. The molecule has 14 nitrogen and oxygen atoms in total. The normalized spacial score (nSPS) is 19.4. The molecule has 0 bridgehead atoms. The molecular weight excluding hydrogens is 659 g/mol. The number of aromatic nitrogens is 7. The van der Waals surface area contributed by atoms with E-state index in [4.69, 9.17) is 19.2 Å². The largest absolute Gasteiger partial charge is 0.491 e. The van der Waals surface area contributed by atoms with Crippen LogP contribution in [0.2, 0.25) is 0 Å². The Labute approximate surface area is 291 Å². The van der Waals surface area contributed by atoms with E-state index < -0.39 is 11.5 Å². The van der Waals surface area contributed by atoms with Crippen molar-refractivity contribution in [2.75, 3.05) is 49.2 Å². The number of piperazine rings is 1. The number of ether oxygens (including phenoxy) is 3. The fraction of sp³-hybridized carbons (Fsp3) is 0.343. The molecule has 2 unspecified atom stereocenters. The Morgan fingerprint density at radius 3 is 2.54 bits per heavy atom. The van der Waals surface area contributed by atoms with Gasteiger partial charge in [-0.05, 0) is 29.1 Å². The van der Waals surface area contributed by atoms with E-state index in [1.165, 1.54) is 17.9 Å². The number of hydrogen-bond acceptors (Lipinski definition) is 11. The van der Waals surface area contributed by atoms with Crippen molar-refractivity contribution in [2.45, 2.75) is 25.0 Å². The summed E-state index contributed by atoms with van der Waals surface area (Å²) in [6.07, 6.45) is 2.89. The van der Waals surface area contributed by atoms with E-state index in [0.717, 1.165) is 39.5 Å². The summed E-state index contributed by atoms with van der Waals surface area (Å²) in [7, 11) is 3.17. The predicted molar refractivity (Wildman–Crippen MR) is 189 cm³/mol. The SMILES string of the molecule is Cn1c(=O)c2c(nc(N3CCN(c4cccc(OCC5COC(Cn6cncn6)(c6cccs6)O5)c4)CC3)n2Cc2ccccc2)n(C)c1=O. The van der Waals surface area contributed by atoms with Crippen LogP contribution in [0.4, 0.5) is 11.6 Å². The maximum atomic E-state index is 13.4. The number of imidazole rings is 1. The lowest BCUT2D eigenvalue weighted by atomic mass is 10.2. The molecule has 8 rings (SSSR count). The van der Waals surface area contributed by atoms with Crippen LogP contribution in [0.3, 0.4) is 0 Å². The molecule has 0 spiro atoms. The van der Waals surface area contributed by atoms with Crippen LogP contribution >= 0.6 is 11.3 Å². The molecule has 2 saturated heterocycles. The number of benzene rings is 2. The molecular formula is C35H37N9O5S. The van der Waals surface area contributed by atoms with Crippen LogP contribution in [-0.2, 0) is 42.4 Å². The Hall–Kier alpha value is -5.25. The van der Waals surface area contributed by atoms with E-state index in [0.29, 0.717) is 56.5 Å². The lowest BCUT2D eigenvalue weighted by molar-refractivity contribution is -0.188. The summed E-state index contributed by atoms with van der Waals surface area (Å²) in [5, 5.41) is 6.26. The summed E-state index contributed by atoms with van der Waals surface area (Å²) in [6, 6.07) is 22.1. The highest BCUT2D eigenvalue weighted by molar-refractivity contribution is 7.10. The second-order valence-electron chi connectivity index (χ2n) is 12.5. The van der Waals surface area contributed by atoms with Crippen LogP contribution in [-0.4, -0.2) is 78.9 Å². The van der Waals surface area contributed by atoms with Gasteiger partial charge >= 0.3 is 5.69 Å². The average molecular weight is 696 g/mol. The minimum absolute atomic E-state index is 0.265. The van der Waals surface area contributed by atoms with Crippen molar-refractivity contribution in [3.63, 3.8) is 0 Å². The first-order valence-corrected chi connectivity index (χ1v) is 17.4. The zero-order valence-electron chi connectivity index (χ0n) is 27.8. The molecule has 6 heterocycles. The maximum absolute atomic E-state index is 13.4. The summed E-state index contributed by atoms with van der Waals surface area (Å²) in [5.41, 5.74) is 2.16. The van der Waals surface area contributed by atoms with Gasteiger partial charge in [-0.3, -0.25) is 18.5 Å². The van der Waals surface area contributed by atoms with Crippen molar-refractivity contribution in [3.8, 4) is 5.75 Å². The molecule has 0 radical (unpaired) electrons. The van der Waals surface area contributed by atoms with Crippen molar-refractivity contribution < 1.29 is 14.2 Å². The van der Waals surface area contributed by atoms with Gasteiger partial charge in [-0.1, -0.05) is 42.5 Å². The second-order valence-corrected chi connectivity index (χ2v) is 13.5. The van der Waals surface area contributed by atoms with Gasteiger partial charge in [-0.15, -0.1) is 11.3 Å². The zero-order valence-corrected chi connectivity index (χ0v) is 28.6. The van der Waals surface area contributed by atoms with Gasteiger partial charge < -0.3 is 24.0 Å². The average Bonchev–Trinajstić information content (AvgIpc) is 3.98. The summed E-state index contributed by atoms with van der Waals surface area (Å²) in [6.45, 7) is 4.42.